The highest BCUT2D eigenvalue weighted by Crippen LogP contribution is 2.16. The highest BCUT2D eigenvalue weighted by atomic mass is 127. The van der Waals surface area contributed by atoms with Crippen LogP contribution in [0.25, 0.3) is 0 Å². The molecule has 5 heteroatoms. The van der Waals surface area contributed by atoms with Gasteiger partial charge in [0.25, 0.3) is 0 Å². The van der Waals surface area contributed by atoms with Gasteiger partial charge in [-0.3, -0.25) is 4.90 Å². The Bertz CT molecular complexity index is 480. The molecule has 1 aromatic rings. The van der Waals surface area contributed by atoms with Crippen LogP contribution >= 0.6 is 24.0 Å². The molecule has 1 aliphatic rings. The fourth-order valence-corrected chi connectivity index (χ4v) is 3.04. The lowest BCUT2D eigenvalue weighted by molar-refractivity contribution is 0.220. The van der Waals surface area contributed by atoms with Crippen molar-refractivity contribution in [3.8, 4) is 0 Å². The Labute approximate surface area is 158 Å². The van der Waals surface area contributed by atoms with Crippen molar-refractivity contribution in [2.24, 2.45) is 10.7 Å². The number of nitrogens with zero attached hydrogens (tertiary/aromatic N) is 3. The van der Waals surface area contributed by atoms with Crippen molar-refractivity contribution >= 4 is 29.9 Å². The second-order valence-electron chi connectivity index (χ2n) is 5.95. The van der Waals surface area contributed by atoms with E-state index >= 15 is 0 Å². The SMILES string of the molecule is CCN(CC)C(N)=NCc1ccccc1CN1CCCCC1.I. The van der Waals surface area contributed by atoms with Crippen molar-refractivity contribution < 1.29 is 0 Å². The first-order chi connectivity index (χ1) is 10.7. The molecule has 0 unspecified atom stereocenters. The summed E-state index contributed by atoms with van der Waals surface area (Å²) >= 11 is 0. The van der Waals surface area contributed by atoms with Gasteiger partial charge in [-0.25, -0.2) is 4.99 Å². The Morgan fingerprint density at radius 2 is 1.70 bits per heavy atom. The molecule has 0 saturated carbocycles. The number of hydrogen-bond acceptors (Lipinski definition) is 2. The highest BCUT2D eigenvalue weighted by Gasteiger charge is 2.12. The molecule has 1 aromatic carbocycles. The van der Waals surface area contributed by atoms with Gasteiger partial charge in [-0.05, 0) is 50.9 Å². The Hall–Kier alpha value is -0.820. The van der Waals surface area contributed by atoms with E-state index in [2.05, 4.69) is 52.9 Å². The standard InChI is InChI=1S/C18H30N4.HI/c1-3-22(4-2)18(19)20-14-16-10-6-7-11-17(16)15-21-12-8-5-9-13-21;/h6-7,10-11H,3-5,8-9,12-15H2,1-2H3,(H2,19,20);1H. The highest BCUT2D eigenvalue weighted by molar-refractivity contribution is 14.0. The molecule has 0 bridgehead atoms. The molecule has 0 aromatic heterocycles. The summed E-state index contributed by atoms with van der Waals surface area (Å²) in [5.41, 5.74) is 8.77. The molecule has 130 valence electrons. The van der Waals surface area contributed by atoms with Gasteiger partial charge in [0, 0.05) is 19.6 Å². The van der Waals surface area contributed by atoms with Crippen LogP contribution in [0.15, 0.2) is 29.3 Å². The zero-order chi connectivity index (χ0) is 15.8. The lowest BCUT2D eigenvalue weighted by Gasteiger charge is -2.27. The number of halogens is 1. The van der Waals surface area contributed by atoms with E-state index in [0.717, 1.165) is 19.6 Å². The smallest absolute Gasteiger partial charge is 0.191 e. The van der Waals surface area contributed by atoms with Gasteiger partial charge < -0.3 is 10.6 Å². The van der Waals surface area contributed by atoms with Gasteiger partial charge in [0.15, 0.2) is 5.96 Å². The minimum atomic E-state index is 0. The summed E-state index contributed by atoms with van der Waals surface area (Å²) in [6.45, 7) is 10.2. The summed E-state index contributed by atoms with van der Waals surface area (Å²) in [5, 5.41) is 0. The molecule has 0 aliphatic carbocycles. The van der Waals surface area contributed by atoms with Crippen LogP contribution in [-0.2, 0) is 13.1 Å². The molecule has 0 radical (unpaired) electrons. The molecule has 1 saturated heterocycles. The maximum absolute atomic E-state index is 6.09. The molecular formula is C18H31IN4. The van der Waals surface area contributed by atoms with E-state index in [0.29, 0.717) is 12.5 Å². The monoisotopic (exact) mass is 430 g/mol. The Morgan fingerprint density at radius 3 is 2.30 bits per heavy atom. The van der Waals surface area contributed by atoms with Gasteiger partial charge in [0.1, 0.15) is 0 Å². The molecule has 2 rings (SSSR count). The third-order valence-corrected chi connectivity index (χ3v) is 4.46. The van der Waals surface area contributed by atoms with Gasteiger partial charge in [-0.15, -0.1) is 24.0 Å². The Balaban J connectivity index is 0.00000264. The fourth-order valence-electron chi connectivity index (χ4n) is 3.04. The molecule has 0 spiro atoms. The van der Waals surface area contributed by atoms with E-state index < -0.39 is 0 Å². The average Bonchev–Trinajstić information content (AvgIpc) is 2.56. The third kappa shape index (κ3) is 6.30. The van der Waals surface area contributed by atoms with Gasteiger partial charge in [-0.2, -0.15) is 0 Å². The number of guanidine groups is 1. The molecule has 0 amide bonds. The quantitative estimate of drug-likeness (QED) is 0.427. The first-order valence-electron chi connectivity index (χ1n) is 8.58. The van der Waals surface area contributed by atoms with E-state index in [1.165, 1.54) is 43.5 Å². The number of nitrogens with two attached hydrogens (primary N) is 1. The molecule has 1 aliphatic heterocycles. The van der Waals surface area contributed by atoms with Crippen molar-refractivity contribution in [1.29, 1.82) is 0 Å². The number of hydrogen-bond donors (Lipinski definition) is 1. The number of likely N-dealkylation sites (tertiary alicyclic amines) is 1. The normalized spacial score (nSPS) is 16.0. The van der Waals surface area contributed by atoms with E-state index in [-0.39, 0.29) is 24.0 Å². The maximum Gasteiger partial charge on any atom is 0.191 e. The minimum Gasteiger partial charge on any atom is -0.370 e. The third-order valence-electron chi connectivity index (χ3n) is 4.46. The lowest BCUT2D eigenvalue weighted by atomic mass is 10.1. The summed E-state index contributed by atoms with van der Waals surface area (Å²) in [6, 6.07) is 8.63. The van der Waals surface area contributed by atoms with E-state index in [1.54, 1.807) is 0 Å². The molecular weight excluding hydrogens is 399 g/mol. The topological polar surface area (TPSA) is 44.9 Å². The summed E-state index contributed by atoms with van der Waals surface area (Å²) in [6.07, 6.45) is 4.04. The lowest BCUT2D eigenvalue weighted by Crippen LogP contribution is -2.37. The van der Waals surface area contributed by atoms with Gasteiger partial charge in [0.2, 0.25) is 0 Å². The van der Waals surface area contributed by atoms with Crippen LogP contribution in [-0.4, -0.2) is 41.9 Å². The first kappa shape index (κ1) is 20.2. The van der Waals surface area contributed by atoms with E-state index in [9.17, 15) is 0 Å². The van der Waals surface area contributed by atoms with Crippen molar-refractivity contribution in [3.05, 3.63) is 35.4 Å². The predicted octanol–water partition coefficient (Wildman–Crippen LogP) is 3.45. The van der Waals surface area contributed by atoms with E-state index in [1.807, 2.05) is 0 Å². The summed E-state index contributed by atoms with van der Waals surface area (Å²) in [4.78, 5) is 9.24. The van der Waals surface area contributed by atoms with Crippen LogP contribution in [0.2, 0.25) is 0 Å². The van der Waals surface area contributed by atoms with Gasteiger partial charge in [0.05, 0.1) is 6.54 Å². The van der Waals surface area contributed by atoms with Gasteiger partial charge >= 0.3 is 0 Å². The predicted molar refractivity (Wildman–Crippen MR) is 109 cm³/mol. The van der Waals surface area contributed by atoms with Crippen LogP contribution < -0.4 is 5.73 Å². The molecule has 2 N–H and O–H groups in total. The fraction of sp³-hybridized carbons (Fsp3) is 0.611. The summed E-state index contributed by atoms with van der Waals surface area (Å²) in [5.74, 6) is 0.651. The zero-order valence-electron chi connectivity index (χ0n) is 14.5. The van der Waals surface area contributed by atoms with Crippen molar-refractivity contribution in [2.75, 3.05) is 26.2 Å². The largest absolute Gasteiger partial charge is 0.370 e. The number of piperidine rings is 1. The Morgan fingerprint density at radius 1 is 1.09 bits per heavy atom. The summed E-state index contributed by atoms with van der Waals surface area (Å²) < 4.78 is 0. The van der Waals surface area contributed by atoms with Crippen molar-refractivity contribution in [1.82, 2.24) is 9.80 Å². The average molecular weight is 430 g/mol. The molecule has 23 heavy (non-hydrogen) atoms. The number of rotatable bonds is 6. The minimum absolute atomic E-state index is 0. The number of benzene rings is 1. The van der Waals surface area contributed by atoms with Crippen LogP contribution in [0.5, 0.6) is 0 Å². The van der Waals surface area contributed by atoms with Crippen LogP contribution in [0.3, 0.4) is 0 Å². The van der Waals surface area contributed by atoms with Crippen LogP contribution in [0.1, 0.15) is 44.2 Å². The van der Waals surface area contributed by atoms with Crippen LogP contribution in [0, 0.1) is 0 Å². The molecule has 1 fully saturated rings. The molecule has 4 nitrogen and oxygen atoms in total. The van der Waals surface area contributed by atoms with Gasteiger partial charge in [-0.1, -0.05) is 30.7 Å². The van der Waals surface area contributed by atoms with Crippen molar-refractivity contribution in [2.45, 2.75) is 46.2 Å². The number of aliphatic imine (C=N–C) groups is 1. The molecule has 0 atom stereocenters. The Kier molecular flexibility index (Phi) is 9.55. The van der Waals surface area contributed by atoms with Crippen LogP contribution in [0.4, 0.5) is 0 Å². The first-order valence-corrected chi connectivity index (χ1v) is 8.58. The maximum atomic E-state index is 6.09. The van der Waals surface area contributed by atoms with E-state index in [4.69, 9.17) is 5.73 Å². The summed E-state index contributed by atoms with van der Waals surface area (Å²) in [7, 11) is 0. The zero-order valence-corrected chi connectivity index (χ0v) is 16.8. The van der Waals surface area contributed by atoms with Crippen molar-refractivity contribution in [3.63, 3.8) is 0 Å². The second kappa shape index (κ2) is 10.9. The second-order valence-corrected chi connectivity index (χ2v) is 5.95. The molecule has 1 heterocycles.